The zero-order valence-corrected chi connectivity index (χ0v) is 20.1. The Morgan fingerprint density at radius 2 is 1.71 bits per heavy atom. The summed E-state index contributed by atoms with van der Waals surface area (Å²) in [7, 11) is -3.72. The van der Waals surface area contributed by atoms with Crippen molar-refractivity contribution in [1.29, 1.82) is 0 Å². The number of rotatable bonds is 9. The molecular weight excluding hydrogens is 454 g/mol. The zero-order chi connectivity index (χ0) is 24.9. The van der Waals surface area contributed by atoms with Crippen molar-refractivity contribution in [3.63, 3.8) is 0 Å². The van der Waals surface area contributed by atoms with E-state index in [1.807, 2.05) is 37.3 Å². The maximum Gasteiger partial charge on any atom is 0.271 e. The van der Waals surface area contributed by atoms with Crippen LogP contribution < -0.4 is 9.62 Å². The SMILES string of the molecule is Cc1ccc([N+](=O)[O-])cc1N(Cc1ccc(C(=O)NCC(C)c2ccccc2)cc1)S(C)(=O)=O. The molecular formula is C25H27N3O5S. The number of sulfonamides is 1. The van der Waals surface area contributed by atoms with E-state index in [4.69, 9.17) is 0 Å². The number of anilines is 1. The fourth-order valence-electron chi connectivity index (χ4n) is 3.54. The van der Waals surface area contributed by atoms with Crippen LogP contribution in [-0.4, -0.2) is 32.0 Å². The topological polar surface area (TPSA) is 110 Å². The number of carbonyl (C=O) groups excluding carboxylic acids is 1. The number of non-ortho nitro benzene ring substituents is 1. The number of nitro groups is 1. The van der Waals surface area contributed by atoms with Crippen LogP contribution in [0.1, 0.15) is 39.9 Å². The number of hydrogen-bond acceptors (Lipinski definition) is 5. The third-order valence-electron chi connectivity index (χ3n) is 5.55. The number of amides is 1. The first kappa shape index (κ1) is 24.9. The van der Waals surface area contributed by atoms with Gasteiger partial charge in [0.25, 0.3) is 11.6 Å². The van der Waals surface area contributed by atoms with Gasteiger partial charge in [0.1, 0.15) is 0 Å². The van der Waals surface area contributed by atoms with Crippen LogP contribution in [0.2, 0.25) is 0 Å². The van der Waals surface area contributed by atoms with Crippen molar-refractivity contribution in [3.8, 4) is 0 Å². The van der Waals surface area contributed by atoms with Gasteiger partial charge in [0.05, 0.1) is 23.4 Å². The number of hydrogen-bond donors (Lipinski definition) is 1. The lowest BCUT2D eigenvalue weighted by molar-refractivity contribution is -0.384. The summed E-state index contributed by atoms with van der Waals surface area (Å²) in [5, 5.41) is 14.1. The van der Waals surface area contributed by atoms with Crippen LogP contribution in [0.3, 0.4) is 0 Å². The van der Waals surface area contributed by atoms with Crippen molar-refractivity contribution in [2.75, 3.05) is 17.1 Å². The molecule has 0 spiro atoms. The minimum atomic E-state index is -3.72. The van der Waals surface area contributed by atoms with Crippen LogP contribution >= 0.6 is 0 Å². The smallest absolute Gasteiger partial charge is 0.271 e. The predicted molar refractivity (Wildman–Crippen MR) is 132 cm³/mol. The van der Waals surface area contributed by atoms with Gasteiger partial charge in [-0.15, -0.1) is 0 Å². The number of nitro benzene ring substituents is 1. The van der Waals surface area contributed by atoms with E-state index < -0.39 is 14.9 Å². The summed E-state index contributed by atoms with van der Waals surface area (Å²) in [6.45, 7) is 4.20. The first-order valence-corrected chi connectivity index (χ1v) is 12.6. The number of nitrogens with zero attached hydrogens (tertiary/aromatic N) is 2. The average Bonchev–Trinajstić information content (AvgIpc) is 2.81. The first-order chi connectivity index (χ1) is 16.1. The Balaban J connectivity index is 1.73. The van der Waals surface area contributed by atoms with Gasteiger partial charge < -0.3 is 5.32 Å². The fraction of sp³-hybridized carbons (Fsp3) is 0.240. The second-order valence-electron chi connectivity index (χ2n) is 8.22. The molecule has 9 heteroatoms. The van der Waals surface area contributed by atoms with E-state index in [0.29, 0.717) is 23.2 Å². The molecule has 0 bridgehead atoms. The first-order valence-electron chi connectivity index (χ1n) is 10.7. The molecule has 0 saturated carbocycles. The van der Waals surface area contributed by atoms with E-state index in [1.165, 1.54) is 18.2 Å². The molecule has 1 atom stereocenters. The Kier molecular flexibility index (Phi) is 7.68. The standard InChI is InChI=1S/C25H27N3O5S/c1-18-9-14-23(28(30)31)15-24(18)27(34(3,32)33)17-20-10-12-22(13-11-20)25(29)26-16-19(2)21-7-5-4-6-8-21/h4-15,19H,16-17H2,1-3H3,(H,26,29). The van der Waals surface area contributed by atoms with Gasteiger partial charge in [0, 0.05) is 24.2 Å². The molecule has 0 saturated heterocycles. The number of carbonyl (C=O) groups is 1. The highest BCUT2D eigenvalue weighted by atomic mass is 32.2. The Morgan fingerprint density at radius 3 is 2.29 bits per heavy atom. The quantitative estimate of drug-likeness (QED) is 0.360. The molecule has 3 aromatic carbocycles. The average molecular weight is 482 g/mol. The molecule has 34 heavy (non-hydrogen) atoms. The van der Waals surface area contributed by atoms with E-state index in [1.54, 1.807) is 31.2 Å². The summed E-state index contributed by atoms with van der Waals surface area (Å²) in [5.74, 6) is -0.0604. The maximum atomic E-state index is 12.6. The summed E-state index contributed by atoms with van der Waals surface area (Å²) < 4.78 is 26.1. The normalized spacial score (nSPS) is 12.1. The van der Waals surface area contributed by atoms with Crippen molar-refractivity contribution in [2.45, 2.75) is 26.3 Å². The van der Waals surface area contributed by atoms with Crippen LogP contribution in [-0.2, 0) is 16.6 Å². The molecule has 3 rings (SSSR count). The second-order valence-corrected chi connectivity index (χ2v) is 10.1. The lowest BCUT2D eigenvalue weighted by atomic mass is 10.0. The van der Waals surface area contributed by atoms with Gasteiger partial charge in [-0.3, -0.25) is 19.2 Å². The molecule has 0 aromatic heterocycles. The molecule has 0 fully saturated rings. The number of benzene rings is 3. The molecule has 178 valence electrons. The fourth-order valence-corrected chi connectivity index (χ4v) is 4.47. The summed E-state index contributed by atoms with van der Waals surface area (Å²) in [6.07, 6.45) is 1.06. The highest BCUT2D eigenvalue weighted by Gasteiger charge is 2.22. The van der Waals surface area contributed by atoms with Crippen molar-refractivity contribution >= 4 is 27.3 Å². The molecule has 0 aliphatic carbocycles. The predicted octanol–water partition coefficient (Wildman–Crippen LogP) is 4.40. The summed E-state index contributed by atoms with van der Waals surface area (Å²) >= 11 is 0. The Bertz CT molecular complexity index is 1280. The minimum absolute atomic E-state index is 0.0201. The van der Waals surface area contributed by atoms with Crippen LogP contribution in [0.15, 0.2) is 72.8 Å². The minimum Gasteiger partial charge on any atom is -0.351 e. The maximum absolute atomic E-state index is 12.6. The van der Waals surface area contributed by atoms with Crippen molar-refractivity contribution < 1.29 is 18.1 Å². The Morgan fingerprint density at radius 1 is 1.06 bits per heavy atom. The van der Waals surface area contributed by atoms with Gasteiger partial charge in [0.2, 0.25) is 10.0 Å². The number of aryl methyl sites for hydroxylation is 1. The highest BCUT2D eigenvalue weighted by molar-refractivity contribution is 7.92. The Labute approximate surface area is 199 Å². The lowest BCUT2D eigenvalue weighted by Gasteiger charge is -2.24. The van der Waals surface area contributed by atoms with Gasteiger partial charge in [-0.1, -0.05) is 55.5 Å². The monoisotopic (exact) mass is 481 g/mol. The largest absolute Gasteiger partial charge is 0.351 e. The van der Waals surface area contributed by atoms with Crippen molar-refractivity contribution in [2.24, 2.45) is 0 Å². The van der Waals surface area contributed by atoms with Gasteiger partial charge >= 0.3 is 0 Å². The van der Waals surface area contributed by atoms with Gasteiger partial charge in [-0.2, -0.15) is 0 Å². The summed E-state index contributed by atoms with van der Waals surface area (Å²) in [5.41, 5.74) is 2.89. The molecule has 0 aliphatic heterocycles. The van der Waals surface area contributed by atoms with E-state index in [9.17, 15) is 23.3 Å². The van der Waals surface area contributed by atoms with Gasteiger partial charge in [-0.25, -0.2) is 8.42 Å². The molecule has 8 nitrogen and oxygen atoms in total. The van der Waals surface area contributed by atoms with Crippen LogP contribution in [0.25, 0.3) is 0 Å². The van der Waals surface area contributed by atoms with Crippen LogP contribution in [0, 0.1) is 17.0 Å². The molecule has 0 aliphatic rings. The van der Waals surface area contributed by atoms with E-state index in [0.717, 1.165) is 16.1 Å². The highest BCUT2D eigenvalue weighted by Crippen LogP contribution is 2.29. The van der Waals surface area contributed by atoms with Crippen molar-refractivity contribution in [1.82, 2.24) is 5.32 Å². The lowest BCUT2D eigenvalue weighted by Crippen LogP contribution is -2.30. The van der Waals surface area contributed by atoms with E-state index in [2.05, 4.69) is 5.32 Å². The number of nitrogens with one attached hydrogen (secondary N) is 1. The summed E-state index contributed by atoms with van der Waals surface area (Å²) in [4.78, 5) is 23.2. The van der Waals surface area contributed by atoms with Gasteiger partial charge in [-0.05, 0) is 41.7 Å². The van der Waals surface area contributed by atoms with E-state index >= 15 is 0 Å². The third-order valence-corrected chi connectivity index (χ3v) is 6.68. The van der Waals surface area contributed by atoms with Gasteiger partial charge in [0.15, 0.2) is 0 Å². The molecule has 0 heterocycles. The molecule has 3 aromatic rings. The second kappa shape index (κ2) is 10.5. The third kappa shape index (κ3) is 6.20. The molecule has 0 radical (unpaired) electrons. The van der Waals surface area contributed by atoms with E-state index in [-0.39, 0.29) is 29.7 Å². The Hall–Kier alpha value is -3.72. The van der Waals surface area contributed by atoms with Crippen LogP contribution in [0.5, 0.6) is 0 Å². The zero-order valence-electron chi connectivity index (χ0n) is 19.3. The summed E-state index contributed by atoms with van der Waals surface area (Å²) in [6, 6.07) is 20.7. The van der Waals surface area contributed by atoms with Crippen LogP contribution in [0.4, 0.5) is 11.4 Å². The molecule has 1 N–H and O–H groups in total. The molecule has 1 amide bonds. The van der Waals surface area contributed by atoms with Crippen molar-refractivity contribution in [3.05, 3.63) is 105 Å². The molecule has 1 unspecified atom stereocenters.